The van der Waals surface area contributed by atoms with E-state index in [0.29, 0.717) is 17.8 Å². The Bertz CT molecular complexity index is 355. The highest BCUT2D eigenvalue weighted by Gasteiger charge is 2.25. The average Bonchev–Trinajstić information content (AvgIpc) is 2.75. The molecular weight excluding hydrogens is 234 g/mol. The lowest BCUT2D eigenvalue weighted by Crippen LogP contribution is -2.13. The fourth-order valence-corrected chi connectivity index (χ4v) is 3.00. The number of pyridine rings is 1. The lowest BCUT2D eigenvalue weighted by molar-refractivity contribution is 0.127. The molecule has 2 unspecified atom stereocenters. The number of aliphatic hydroxyl groups is 1. The van der Waals surface area contributed by atoms with Crippen molar-refractivity contribution in [2.45, 2.75) is 49.0 Å². The molecule has 0 bridgehead atoms. The van der Waals surface area contributed by atoms with Gasteiger partial charge in [0, 0.05) is 22.9 Å². The van der Waals surface area contributed by atoms with E-state index in [0.717, 1.165) is 23.6 Å². The average molecular weight is 253 g/mol. The Hall–Kier alpha value is -0.580. The van der Waals surface area contributed by atoms with Gasteiger partial charge in [0.05, 0.1) is 17.9 Å². The number of rotatable bonds is 4. The van der Waals surface area contributed by atoms with Gasteiger partial charge in [0.2, 0.25) is 0 Å². The number of ether oxygens (including phenoxy) is 1. The minimum Gasteiger partial charge on any atom is -0.387 e. The third-order valence-corrected chi connectivity index (χ3v) is 4.52. The molecule has 2 rings (SSSR count). The zero-order valence-electron chi connectivity index (χ0n) is 10.3. The molecule has 1 aromatic heterocycles. The molecule has 0 saturated carbocycles. The highest BCUT2D eigenvalue weighted by molar-refractivity contribution is 8.00. The zero-order valence-corrected chi connectivity index (χ0v) is 11.1. The molecular formula is C13H19NO2S. The molecule has 0 aromatic carbocycles. The summed E-state index contributed by atoms with van der Waals surface area (Å²) in [5.74, 6) is 0. The summed E-state index contributed by atoms with van der Waals surface area (Å²) in [4.78, 5) is 5.46. The molecule has 1 N–H and O–H groups in total. The first-order chi connectivity index (χ1) is 8.20. The largest absolute Gasteiger partial charge is 0.387 e. The normalized spacial score (nSPS) is 26.1. The molecule has 1 aromatic rings. The third-order valence-electron chi connectivity index (χ3n) is 3.08. The molecule has 0 spiro atoms. The number of thioether (sulfide) groups is 1. The van der Waals surface area contributed by atoms with E-state index in [4.69, 9.17) is 4.74 Å². The van der Waals surface area contributed by atoms with Crippen LogP contribution in [-0.2, 0) is 4.74 Å². The minimum absolute atomic E-state index is 0.320. The van der Waals surface area contributed by atoms with Crippen molar-refractivity contribution < 1.29 is 9.84 Å². The van der Waals surface area contributed by atoms with E-state index in [9.17, 15) is 5.11 Å². The molecule has 0 radical (unpaired) electrons. The molecule has 0 amide bonds. The van der Waals surface area contributed by atoms with Gasteiger partial charge in [-0.05, 0) is 31.9 Å². The molecule has 3 nitrogen and oxygen atoms in total. The first-order valence-electron chi connectivity index (χ1n) is 6.13. The van der Waals surface area contributed by atoms with Crippen molar-refractivity contribution in [1.82, 2.24) is 4.98 Å². The van der Waals surface area contributed by atoms with E-state index in [1.807, 2.05) is 37.0 Å². The Morgan fingerprint density at radius 2 is 2.41 bits per heavy atom. The van der Waals surface area contributed by atoms with E-state index in [-0.39, 0.29) is 0 Å². The Balaban J connectivity index is 1.98. The van der Waals surface area contributed by atoms with E-state index in [1.165, 1.54) is 0 Å². The van der Waals surface area contributed by atoms with Crippen LogP contribution < -0.4 is 0 Å². The fraction of sp³-hybridized carbons (Fsp3) is 0.615. The van der Waals surface area contributed by atoms with E-state index < -0.39 is 6.10 Å². The monoisotopic (exact) mass is 253 g/mol. The highest BCUT2D eigenvalue weighted by atomic mass is 32.2. The zero-order chi connectivity index (χ0) is 12.3. The van der Waals surface area contributed by atoms with Crippen LogP contribution in [0.25, 0.3) is 0 Å². The van der Waals surface area contributed by atoms with Crippen molar-refractivity contribution in [3.8, 4) is 0 Å². The second-order valence-electron chi connectivity index (χ2n) is 4.36. The quantitative estimate of drug-likeness (QED) is 0.896. The van der Waals surface area contributed by atoms with E-state index in [1.54, 1.807) is 0 Å². The first-order valence-corrected chi connectivity index (χ1v) is 7.01. The lowest BCUT2D eigenvalue weighted by atomic mass is 10.2. The Morgan fingerprint density at radius 3 is 2.94 bits per heavy atom. The van der Waals surface area contributed by atoms with Gasteiger partial charge in [-0.2, -0.15) is 0 Å². The van der Waals surface area contributed by atoms with Gasteiger partial charge in [-0.25, -0.2) is 0 Å². The van der Waals surface area contributed by atoms with Gasteiger partial charge >= 0.3 is 0 Å². The molecule has 3 atom stereocenters. The van der Waals surface area contributed by atoms with Crippen molar-refractivity contribution in [3.63, 3.8) is 0 Å². The number of nitrogens with zero attached hydrogens (tertiary/aromatic N) is 1. The van der Waals surface area contributed by atoms with Crippen LogP contribution in [0.4, 0.5) is 0 Å². The number of hydrogen-bond donors (Lipinski definition) is 1. The van der Waals surface area contributed by atoms with Crippen LogP contribution >= 0.6 is 11.8 Å². The van der Waals surface area contributed by atoms with E-state index in [2.05, 4.69) is 11.9 Å². The predicted octanol–water partition coefficient (Wildman–Crippen LogP) is 2.79. The smallest absolute Gasteiger partial charge is 0.0957 e. The minimum atomic E-state index is -0.442. The standard InChI is InChI=1S/C13H19NO2S/c1-3-12(15)11-5-4-10(8-14-11)17-13-6-7-16-9(13)2/h4-5,8-9,12-13,15H,3,6-7H2,1-2H3/t9?,12-,13?/m1/s1. The van der Waals surface area contributed by atoms with Crippen LogP contribution in [-0.4, -0.2) is 28.1 Å². The van der Waals surface area contributed by atoms with Crippen molar-refractivity contribution >= 4 is 11.8 Å². The Labute approximate surface area is 107 Å². The summed E-state index contributed by atoms with van der Waals surface area (Å²) in [6, 6.07) is 3.95. The second-order valence-corrected chi connectivity index (χ2v) is 5.68. The maximum atomic E-state index is 9.66. The number of aliphatic hydroxyl groups excluding tert-OH is 1. The van der Waals surface area contributed by atoms with Gasteiger partial charge in [0.15, 0.2) is 0 Å². The highest BCUT2D eigenvalue weighted by Crippen LogP contribution is 2.32. The topological polar surface area (TPSA) is 42.4 Å². The van der Waals surface area contributed by atoms with Crippen molar-refractivity contribution in [1.29, 1.82) is 0 Å². The Morgan fingerprint density at radius 1 is 1.59 bits per heavy atom. The van der Waals surface area contributed by atoms with Crippen LogP contribution in [0.3, 0.4) is 0 Å². The summed E-state index contributed by atoms with van der Waals surface area (Å²) in [6.45, 7) is 4.93. The molecule has 1 aliphatic rings. The maximum Gasteiger partial charge on any atom is 0.0957 e. The molecule has 1 aliphatic heterocycles. The molecule has 94 valence electrons. The molecule has 17 heavy (non-hydrogen) atoms. The van der Waals surface area contributed by atoms with Crippen molar-refractivity contribution in [3.05, 3.63) is 24.0 Å². The van der Waals surface area contributed by atoms with Crippen molar-refractivity contribution in [2.75, 3.05) is 6.61 Å². The number of hydrogen-bond acceptors (Lipinski definition) is 4. The van der Waals surface area contributed by atoms with Gasteiger partial charge in [0.25, 0.3) is 0 Å². The molecule has 0 aliphatic carbocycles. The van der Waals surface area contributed by atoms with Crippen molar-refractivity contribution in [2.24, 2.45) is 0 Å². The predicted molar refractivity (Wildman–Crippen MR) is 69.2 cm³/mol. The molecule has 4 heteroatoms. The molecule has 2 heterocycles. The SMILES string of the molecule is CC[C@@H](O)c1ccc(SC2CCOC2C)cn1. The van der Waals surface area contributed by atoms with Gasteiger partial charge < -0.3 is 9.84 Å². The summed E-state index contributed by atoms with van der Waals surface area (Å²) < 4.78 is 5.54. The summed E-state index contributed by atoms with van der Waals surface area (Å²) >= 11 is 1.82. The first kappa shape index (κ1) is 12.9. The summed E-state index contributed by atoms with van der Waals surface area (Å²) in [7, 11) is 0. The van der Waals surface area contributed by atoms with Gasteiger partial charge in [0.1, 0.15) is 0 Å². The van der Waals surface area contributed by atoms with Gasteiger partial charge in [-0.15, -0.1) is 11.8 Å². The third kappa shape index (κ3) is 3.21. The van der Waals surface area contributed by atoms with Crippen LogP contribution in [0.5, 0.6) is 0 Å². The van der Waals surface area contributed by atoms with Gasteiger partial charge in [-0.3, -0.25) is 4.98 Å². The summed E-state index contributed by atoms with van der Waals surface area (Å²) in [5, 5.41) is 10.2. The fourth-order valence-electron chi connectivity index (χ4n) is 1.91. The van der Waals surface area contributed by atoms with E-state index >= 15 is 0 Å². The second kappa shape index (κ2) is 5.85. The number of aromatic nitrogens is 1. The maximum absolute atomic E-state index is 9.66. The molecule has 1 fully saturated rings. The van der Waals surface area contributed by atoms with Gasteiger partial charge in [-0.1, -0.05) is 6.92 Å². The Kier molecular flexibility index (Phi) is 4.42. The van der Waals surface area contributed by atoms with Crippen LogP contribution in [0.1, 0.15) is 38.5 Å². The van der Waals surface area contributed by atoms with Crippen LogP contribution in [0.2, 0.25) is 0 Å². The summed E-state index contributed by atoms with van der Waals surface area (Å²) in [6.07, 6.45) is 3.53. The molecule has 1 saturated heterocycles. The van der Waals surface area contributed by atoms with Crippen LogP contribution in [0.15, 0.2) is 23.2 Å². The lowest BCUT2D eigenvalue weighted by Gasteiger charge is -2.13. The summed E-state index contributed by atoms with van der Waals surface area (Å²) in [5.41, 5.74) is 0.757. The van der Waals surface area contributed by atoms with Crippen LogP contribution in [0, 0.1) is 0 Å².